The van der Waals surface area contributed by atoms with Crippen LogP contribution in [0.2, 0.25) is 0 Å². The predicted octanol–water partition coefficient (Wildman–Crippen LogP) is 21.7. The van der Waals surface area contributed by atoms with E-state index in [1.165, 1.54) is 270 Å². The van der Waals surface area contributed by atoms with Crippen molar-refractivity contribution in [3.63, 3.8) is 0 Å². The van der Waals surface area contributed by atoms with E-state index < -0.39 is 6.10 Å². The standard InChI is InChI=1S/C65H124O6/c1-4-7-10-13-16-18-20-22-23-24-25-26-27-28-29-30-31-32-33-34-35-36-37-38-39-40-41-42-43-44-46-47-49-52-55-58-64(67)70-61-62(60-69-63(66)57-54-51-15-12-9-6-3)71-65(68)59-56-53-50-48-45-21-19-17-14-11-8-5-2/h24-25,62H,4-23,26-61H2,1-3H3/b25-24-. The van der Waals surface area contributed by atoms with Gasteiger partial charge in [-0.15, -0.1) is 0 Å². The normalized spacial score (nSPS) is 12.0. The van der Waals surface area contributed by atoms with Crippen LogP contribution < -0.4 is 0 Å². The molecule has 0 aliphatic heterocycles. The molecule has 0 aliphatic rings. The smallest absolute Gasteiger partial charge is 0.306 e. The average molecular weight is 1000 g/mol. The molecule has 1 atom stereocenters. The second-order valence-electron chi connectivity index (χ2n) is 22.0. The number of hydrogen-bond donors (Lipinski definition) is 0. The third-order valence-electron chi connectivity index (χ3n) is 14.8. The Morgan fingerprint density at radius 1 is 0.268 bits per heavy atom. The average Bonchev–Trinajstić information content (AvgIpc) is 3.37. The molecule has 0 saturated heterocycles. The molecule has 0 aromatic rings. The maximum atomic E-state index is 12.7. The maximum Gasteiger partial charge on any atom is 0.306 e. The fraction of sp³-hybridized carbons (Fsp3) is 0.923. The van der Waals surface area contributed by atoms with Gasteiger partial charge in [-0.2, -0.15) is 0 Å². The van der Waals surface area contributed by atoms with E-state index in [0.717, 1.165) is 57.8 Å². The molecule has 0 N–H and O–H groups in total. The third-order valence-corrected chi connectivity index (χ3v) is 14.8. The zero-order valence-corrected chi connectivity index (χ0v) is 48.3. The Kier molecular flexibility index (Phi) is 59.1. The van der Waals surface area contributed by atoms with Crippen LogP contribution in [0.15, 0.2) is 12.2 Å². The fourth-order valence-corrected chi connectivity index (χ4v) is 9.91. The maximum absolute atomic E-state index is 12.7. The molecule has 0 aliphatic carbocycles. The summed E-state index contributed by atoms with van der Waals surface area (Å²) < 4.78 is 16.8. The van der Waals surface area contributed by atoms with Crippen molar-refractivity contribution in [3.05, 3.63) is 12.2 Å². The van der Waals surface area contributed by atoms with Crippen molar-refractivity contribution >= 4 is 17.9 Å². The topological polar surface area (TPSA) is 78.9 Å². The van der Waals surface area contributed by atoms with Crippen LogP contribution in [-0.2, 0) is 28.6 Å². The molecular formula is C65H124O6. The largest absolute Gasteiger partial charge is 0.462 e. The van der Waals surface area contributed by atoms with E-state index in [-0.39, 0.29) is 31.1 Å². The molecule has 0 aromatic carbocycles. The third kappa shape index (κ3) is 58.9. The van der Waals surface area contributed by atoms with Gasteiger partial charge >= 0.3 is 17.9 Å². The molecule has 0 saturated carbocycles. The highest BCUT2D eigenvalue weighted by molar-refractivity contribution is 5.71. The van der Waals surface area contributed by atoms with Crippen LogP contribution in [0.4, 0.5) is 0 Å². The molecule has 71 heavy (non-hydrogen) atoms. The summed E-state index contributed by atoms with van der Waals surface area (Å²) in [4.78, 5) is 37.8. The summed E-state index contributed by atoms with van der Waals surface area (Å²) in [6.45, 7) is 6.63. The first kappa shape index (κ1) is 69.2. The van der Waals surface area contributed by atoms with Crippen LogP contribution in [0.5, 0.6) is 0 Å². The minimum Gasteiger partial charge on any atom is -0.462 e. The molecule has 0 heterocycles. The molecule has 0 rings (SSSR count). The van der Waals surface area contributed by atoms with Gasteiger partial charge in [0.1, 0.15) is 13.2 Å². The lowest BCUT2D eigenvalue weighted by Crippen LogP contribution is -2.30. The van der Waals surface area contributed by atoms with Crippen LogP contribution in [0, 0.1) is 0 Å². The van der Waals surface area contributed by atoms with E-state index in [0.29, 0.717) is 19.3 Å². The highest BCUT2D eigenvalue weighted by atomic mass is 16.6. The van der Waals surface area contributed by atoms with Crippen molar-refractivity contribution in [3.8, 4) is 0 Å². The van der Waals surface area contributed by atoms with Crippen molar-refractivity contribution in [2.45, 2.75) is 374 Å². The van der Waals surface area contributed by atoms with Gasteiger partial charge in [-0.3, -0.25) is 14.4 Å². The van der Waals surface area contributed by atoms with Gasteiger partial charge in [0.25, 0.3) is 0 Å². The highest BCUT2D eigenvalue weighted by Gasteiger charge is 2.19. The van der Waals surface area contributed by atoms with Crippen molar-refractivity contribution in [1.82, 2.24) is 0 Å². The van der Waals surface area contributed by atoms with Gasteiger partial charge in [-0.1, -0.05) is 315 Å². The number of carbonyl (C=O) groups excluding carboxylic acids is 3. The van der Waals surface area contributed by atoms with E-state index >= 15 is 0 Å². The second-order valence-corrected chi connectivity index (χ2v) is 22.0. The van der Waals surface area contributed by atoms with E-state index in [9.17, 15) is 14.4 Å². The first-order valence-corrected chi connectivity index (χ1v) is 32.2. The Labute approximate surface area is 443 Å². The molecule has 0 radical (unpaired) electrons. The predicted molar refractivity (Wildman–Crippen MR) is 307 cm³/mol. The summed E-state index contributed by atoms with van der Waals surface area (Å²) in [5.41, 5.74) is 0. The summed E-state index contributed by atoms with van der Waals surface area (Å²) in [6.07, 6.45) is 71.5. The Morgan fingerprint density at radius 2 is 0.465 bits per heavy atom. The van der Waals surface area contributed by atoms with E-state index in [1.807, 2.05) is 0 Å². The van der Waals surface area contributed by atoms with Gasteiger partial charge in [0.15, 0.2) is 6.10 Å². The molecule has 420 valence electrons. The van der Waals surface area contributed by atoms with Crippen LogP contribution >= 0.6 is 0 Å². The van der Waals surface area contributed by atoms with Crippen LogP contribution in [-0.4, -0.2) is 37.2 Å². The van der Waals surface area contributed by atoms with E-state index in [4.69, 9.17) is 14.2 Å². The van der Waals surface area contributed by atoms with Crippen molar-refractivity contribution < 1.29 is 28.6 Å². The molecule has 0 spiro atoms. The summed E-state index contributed by atoms with van der Waals surface area (Å²) in [6, 6.07) is 0. The molecule has 1 unspecified atom stereocenters. The van der Waals surface area contributed by atoms with Gasteiger partial charge in [0.2, 0.25) is 0 Å². The first-order valence-electron chi connectivity index (χ1n) is 32.2. The number of rotatable bonds is 60. The van der Waals surface area contributed by atoms with Crippen LogP contribution in [0.1, 0.15) is 367 Å². The molecule has 6 heteroatoms. The lowest BCUT2D eigenvalue weighted by Gasteiger charge is -2.18. The van der Waals surface area contributed by atoms with Gasteiger partial charge in [0.05, 0.1) is 0 Å². The Balaban J connectivity index is 3.81. The number of unbranched alkanes of at least 4 members (excludes halogenated alkanes) is 47. The molecule has 6 nitrogen and oxygen atoms in total. The van der Waals surface area contributed by atoms with Crippen molar-refractivity contribution in [2.75, 3.05) is 13.2 Å². The Bertz CT molecular complexity index is 1100. The zero-order chi connectivity index (χ0) is 51.4. The molecule has 0 bridgehead atoms. The number of carbonyl (C=O) groups is 3. The summed E-state index contributed by atoms with van der Waals surface area (Å²) in [5, 5.41) is 0. The molecule has 0 fully saturated rings. The molecular weight excluding hydrogens is 877 g/mol. The Morgan fingerprint density at radius 3 is 0.704 bits per heavy atom. The van der Waals surface area contributed by atoms with Crippen molar-refractivity contribution in [2.24, 2.45) is 0 Å². The lowest BCUT2D eigenvalue weighted by molar-refractivity contribution is -0.167. The quantitative estimate of drug-likeness (QED) is 0.0261. The van der Waals surface area contributed by atoms with Crippen LogP contribution in [0.25, 0.3) is 0 Å². The first-order chi connectivity index (χ1) is 35.0. The minimum absolute atomic E-state index is 0.0636. The highest BCUT2D eigenvalue weighted by Crippen LogP contribution is 2.18. The molecule has 0 aromatic heterocycles. The number of esters is 3. The van der Waals surface area contributed by atoms with Gasteiger partial charge in [0, 0.05) is 19.3 Å². The molecule has 0 amide bonds. The second kappa shape index (κ2) is 60.7. The van der Waals surface area contributed by atoms with E-state index in [2.05, 4.69) is 32.9 Å². The summed E-state index contributed by atoms with van der Waals surface area (Å²) >= 11 is 0. The Hall–Kier alpha value is -1.85. The SMILES string of the molecule is CCCCCCCCCC/C=C\CCCCCCCCCCCCCCCCCCCCCCCCCC(=O)OCC(COC(=O)CCCCCCCC)OC(=O)CCCCCCCCCCCCCC. The lowest BCUT2D eigenvalue weighted by atomic mass is 10.0. The monoisotopic (exact) mass is 1000 g/mol. The number of allylic oxidation sites excluding steroid dienone is 2. The fourth-order valence-electron chi connectivity index (χ4n) is 9.91. The summed E-state index contributed by atoms with van der Waals surface area (Å²) in [7, 11) is 0. The minimum atomic E-state index is -0.760. The van der Waals surface area contributed by atoms with E-state index in [1.54, 1.807) is 0 Å². The van der Waals surface area contributed by atoms with Crippen LogP contribution in [0.3, 0.4) is 0 Å². The number of hydrogen-bond acceptors (Lipinski definition) is 6. The number of ether oxygens (including phenoxy) is 3. The van der Waals surface area contributed by atoms with Gasteiger partial charge in [-0.05, 0) is 44.9 Å². The summed E-state index contributed by atoms with van der Waals surface area (Å²) in [5.74, 6) is -0.851. The van der Waals surface area contributed by atoms with Crippen molar-refractivity contribution in [1.29, 1.82) is 0 Å². The zero-order valence-electron chi connectivity index (χ0n) is 48.3. The van der Waals surface area contributed by atoms with Gasteiger partial charge in [-0.25, -0.2) is 0 Å². The van der Waals surface area contributed by atoms with Gasteiger partial charge < -0.3 is 14.2 Å².